The van der Waals surface area contributed by atoms with Gasteiger partial charge in [-0.3, -0.25) is 18.9 Å². The smallest absolute Gasteiger partial charge is 0.267 e. The van der Waals surface area contributed by atoms with Crippen LogP contribution in [0.2, 0.25) is 0 Å². The highest BCUT2D eigenvalue weighted by molar-refractivity contribution is 8.26. The van der Waals surface area contributed by atoms with Crippen LogP contribution in [0.4, 0.5) is 5.82 Å². The highest BCUT2D eigenvalue weighted by Crippen LogP contribution is 2.35. The van der Waals surface area contributed by atoms with Gasteiger partial charge in [0.05, 0.1) is 23.7 Å². The maximum absolute atomic E-state index is 13.4. The maximum atomic E-state index is 13.4. The van der Waals surface area contributed by atoms with Gasteiger partial charge in [0.15, 0.2) is 0 Å². The minimum absolute atomic E-state index is 0.0144. The van der Waals surface area contributed by atoms with E-state index in [2.05, 4.69) is 4.90 Å². The van der Waals surface area contributed by atoms with Crippen molar-refractivity contribution in [3.8, 4) is 0 Å². The van der Waals surface area contributed by atoms with Gasteiger partial charge >= 0.3 is 0 Å². The van der Waals surface area contributed by atoms with E-state index in [1.165, 1.54) is 11.8 Å². The fourth-order valence-corrected chi connectivity index (χ4v) is 5.06. The Hall–Kier alpha value is -2.23. The lowest BCUT2D eigenvalue weighted by Gasteiger charge is -2.29. The van der Waals surface area contributed by atoms with Crippen LogP contribution in [0.15, 0.2) is 28.0 Å². The lowest BCUT2D eigenvalue weighted by molar-refractivity contribution is -0.123. The van der Waals surface area contributed by atoms with E-state index in [0.29, 0.717) is 52.6 Å². The van der Waals surface area contributed by atoms with Gasteiger partial charge in [0, 0.05) is 25.3 Å². The minimum Gasteiger partial charge on any atom is -0.378 e. The summed E-state index contributed by atoms with van der Waals surface area (Å²) in [4.78, 5) is 35.5. The third-order valence-electron chi connectivity index (χ3n) is 5.51. The Kier molecular flexibility index (Phi) is 5.95. The first-order valence-corrected chi connectivity index (χ1v) is 11.3. The van der Waals surface area contributed by atoms with Crippen molar-refractivity contribution in [1.29, 1.82) is 0 Å². The number of carbonyl (C=O) groups is 1. The number of aromatic nitrogens is 2. The number of aryl methyl sites for hydroxylation is 1. The summed E-state index contributed by atoms with van der Waals surface area (Å²) in [7, 11) is 0. The largest absolute Gasteiger partial charge is 0.378 e. The molecule has 1 amide bonds. The van der Waals surface area contributed by atoms with Gasteiger partial charge < -0.3 is 9.64 Å². The van der Waals surface area contributed by atoms with Crippen molar-refractivity contribution in [2.75, 3.05) is 31.2 Å². The zero-order valence-electron chi connectivity index (χ0n) is 17.3. The summed E-state index contributed by atoms with van der Waals surface area (Å²) in [5.41, 5.74) is 1.75. The highest BCUT2D eigenvalue weighted by Gasteiger charge is 2.35. The number of hydrogen-bond donors (Lipinski definition) is 0. The second-order valence-corrected chi connectivity index (χ2v) is 9.12. The Labute approximate surface area is 184 Å². The molecular weight excluding hydrogens is 420 g/mol. The molecular formula is C21H24N4O3S2. The standard InChI is InChI=1S/C21H24N4O3S2/c1-4-14(3)25-20(27)16(30-21(25)29)12-15-18(23-8-10-28-11-9-23)22-17-13(2)6-5-7-24(17)19(15)26/h5-7,12,14H,4,8-11H2,1-3H3/b16-12-/t14-/m1/s1. The van der Waals surface area contributed by atoms with E-state index < -0.39 is 0 Å². The van der Waals surface area contributed by atoms with E-state index in [1.54, 1.807) is 21.6 Å². The third kappa shape index (κ3) is 3.66. The lowest BCUT2D eigenvalue weighted by Crippen LogP contribution is -2.39. The van der Waals surface area contributed by atoms with Gasteiger partial charge in [-0.1, -0.05) is 37.0 Å². The van der Waals surface area contributed by atoms with Crippen molar-refractivity contribution in [3.05, 3.63) is 44.7 Å². The van der Waals surface area contributed by atoms with E-state index >= 15 is 0 Å². The Morgan fingerprint density at radius 3 is 2.77 bits per heavy atom. The molecule has 0 saturated carbocycles. The van der Waals surface area contributed by atoms with Gasteiger partial charge in [-0.05, 0) is 38.0 Å². The molecule has 30 heavy (non-hydrogen) atoms. The monoisotopic (exact) mass is 444 g/mol. The van der Waals surface area contributed by atoms with Crippen LogP contribution in [0.5, 0.6) is 0 Å². The van der Waals surface area contributed by atoms with Crippen molar-refractivity contribution in [3.63, 3.8) is 0 Å². The third-order valence-corrected chi connectivity index (χ3v) is 6.84. The maximum Gasteiger partial charge on any atom is 0.267 e. The van der Waals surface area contributed by atoms with Crippen LogP contribution in [0.3, 0.4) is 0 Å². The topological polar surface area (TPSA) is 67.2 Å². The van der Waals surface area contributed by atoms with Crippen LogP contribution in [-0.4, -0.2) is 56.9 Å². The van der Waals surface area contributed by atoms with Gasteiger partial charge in [0.25, 0.3) is 11.5 Å². The Bertz CT molecular complexity index is 1110. The lowest BCUT2D eigenvalue weighted by atomic mass is 10.2. The van der Waals surface area contributed by atoms with Gasteiger partial charge in [0.1, 0.15) is 15.8 Å². The average Bonchev–Trinajstić information content (AvgIpc) is 3.03. The van der Waals surface area contributed by atoms with E-state index in [4.69, 9.17) is 21.9 Å². The molecule has 2 aromatic heterocycles. The van der Waals surface area contributed by atoms with Gasteiger partial charge in [0.2, 0.25) is 0 Å². The van der Waals surface area contributed by atoms with Crippen LogP contribution in [0.1, 0.15) is 31.4 Å². The fourth-order valence-electron chi connectivity index (χ4n) is 3.62. The second-order valence-electron chi connectivity index (χ2n) is 7.45. The fraction of sp³-hybridized carbons (Fsp3) is 0.429. The highest BCUT2D eigenvalue weighted by atomic mass is 32.2. The first kappa shape index (κ1) is 21.0. The van der Waals surface area contributed by atoms with Crippen LogP contribution in [0, 0.1) is 6.92 Å². The van der Waals surface area contributed by atoms with Crippen LogP contribution < -0.4 is 10.5 Å². The molecule has 0 aromatic carbocycles. The predicted molar refractivity (Wildman–Crippen MR) is 124 cm³/mol. The summed E-state index contributed by atoms with van der Waals surface area (Å²) in [5.74, 6) is 0.437. The number of fused-ring (bicyclic) bond motifs is 1. The molecule has 4 heterocycles. The molecule has 2 fully saturated rings. The first-order valence-electron chi connectivity index (χ1n) is 10.0. The van der Waals surface area contributed by atoms with Crippen LogP contribution >= 0.6 is 24.0 Å². The van der Waals surface area contributed by atoms with E-state index in [1.807, 2.05) is 32.9 Å². The van der Waals surface area contributed by atoms with Crippen LogP contribution in [-0.2, 0) is 9.53 Å². The van der Waals surface area contributed by atoms with E-state index in [0.717, 1.165) is 12.0 Å². The summed E-state index contributed by atoms with van der Waals surface area (Å²) in [6.07, 6.45) is 4.18. The molecule has 0 aliphatic carbocycles. The molecule has 0 bridgehead atoms. The number of carbonyl (C=O) groups excluding carboxylic acids is 1. The molecule has 0 unspecified atom stereocenters. The average molecular weight is 445 g/mol. The summed E-state index contributed by atoms with van der Waals surface area (Å²) in [6.45, 7) is 8.36. The Morgan fingerprint density at radius 1 is 1.33 bits per heavy atom. The number of thioether (sulfide) groups is 1. The molecule has 4 rings (SSSR count). The number of morpholine rings is 1. The molecule has 1 atom stereocenters. The molecule has 9 heteroatoms. The summed E-state index contributed by atoms with van der Waals surface area (Å²) in [5, 5.41) is 0. The second kappa shape index (κ2) is 8.49. The molecule has 0 spiro atoms. The number of hydrogen-bond acceptors (Lipinski definition) is 7. The van der Waals surface area contributed by atoms with Crippen molar-refractivity contribution < 1.29 is 9.53 Å². The molecule has 2 saturated heterocycles. The van der Waals surface area contributed by atoms with Gasteiger partial charge in [-0.25, -0.2) is 4.98 Å². The summed E-state index contributed by atoms with van der Waals surface area (Å²) >= 11 is 6.68. The number of nitrogens with zero attached hydrogens (tertiary/aromatic N) is 4. The quantitative estimate of drug-likeness (QED) is 0.531. The molecule has 2 aliphatic heterocycles. The number of thiocarbonyl (C=S) groups is 1. The normalized spacial score (nSPS) is 19.9. The Balaban J connectivity index is 1.88. The van der Waals surface area contributed by atoms with E-state index in [-0.39, 0.29) is 17.5 Å². The number of amides is 1. The van der Waals surface area contributed by atoms with Crippen molar-refractivity contribution in [1.82, 2.24) is 14.3 Å². The number of anilines is 1. The minimum atomic E-state index is -0.195. The predicted octanol–water partition coefficient (Wildman–Crippen LogP) is 2.84. The number of rotatable bonds is 4. The molecule has 2 aromatic rings. The molecule has 0 N–H and O–H groups in total. The zero-order valence-corrected chi connectivity index (χ0v) is 18.9. The van der Waals surface area contributed by atoms with Gasteiger partial charge in [-0.2, -0.15) is 0 Å². The van der Waals surface area contributed by atoms with Crippen molar-refractivity contribution in [2.24, 2.45) is 0 Å². The number of ether oxygens (including phenoxy) is 1. The molecule has 2 aliphatic rings. The first-order chi connectivity index (χ1) is 14.4. The molecule has 0 radical (unpaired) electrons. The van der Waals surface area contributed by atoms with Crippen molar-refractivity contribution >= 4 is 51.7 Å². The molecule has 158 valence electrons. The van der Waals surface area contributed by atoms with Crippen LogP contribution in [0.25, 0.3) is 11.7 Å². The number of pyridine rings is 1. The SMILES string of the molecule is CC[C@@H](C)N1C(=O)/C(=C/c2c(N3CCOCC3)nc3c(C)cccn3c2=O)SC1=S. The van der Waals surface area contributed by atoms with Crippen molar-refractivity contribution in [2.45, 2.75) is 33.2 Å². The van der Waals surface area contributed by atoms with E-state index in [9.17, 15) is 9.59 Å². The Morgan fingerprint density at radius 2 is 2.07 bits per heavy atom. The molecule has 7 nitrogen and oxygen atoms in total. The summed E-state index contributed by atoms with van der Waals surface area (Å²) in [6, 6.07) is 3.77. The van der Waals surface area contributed by atoms with Gasteiger partial charge in [-0.15, -0.1) is 0 Å². The zero-order chi connectivity index (χ0) is 21.4. The summed E-state index contributed by atoms with van der Waals surface area (Å²) < 4.78 is 7.54.